The molecule has 1 aliphatic rings. The summed E-state index contributed by atoms with van der Waals surface area (Å²) in [6.45, 7) is 0.799. The highest BCUT2D eigenvalue weighted by atomic mass is 15.1. The average molecular weight is 233 g/mol. The maximum absolute atomic E-state index is 5.80. The predicted molar refractivity (Wildman–Crippen MR) is 74.6 cm³/mol. The van der Waals surface area contributed by atoms with Crippen LogP contribution in [0.5, 0.6) is 0 Å². The maximum atomic E-state index is 5.80. The van der Waals surface area contributed by atoms with Crippen LogP contribution >= 0.6 is 0 Å². The molecule has 0 saturated heterocycles. The lowest BCUT2D eigenvalue weighted by molar-refractivity contribution is 0.516. The molecule has 2 unspecified atom stereocenters. The molecule has 1 fully saturated rings. The lowest BCUT2D eigenvalue weighted by Crippen LogP contribution is -2.29. The molecule has 3 heteroatoms. The first-order valence-electron chi connectivity index (χ1n) is 6.44. The average Bonchev–Trinajstić information content (AvgIpc) is 2.77. The standard InChI is InChI=1S/C14H23N3/c1-17(2)13-8-6-12(7-9-13)16-14-5-3-4-11(14)10-15/h6-9,11,14,16H,3-5,10,15H2,1-2H3. The Morgan fingerprint density at radius 2 is 1.94 bits per heavy atom. The Morgan fingerprint density at radius 1 is 1.24 bits per heavy atom. The summed E-state index contributed by atoms with van der Waals surface area (Å²) in [5.41, 5.74) is 8.24. The van der Waals surface area contributed by atoms with E-state index in [0.29, 0.717) is 12.0 Å². The summed E-state index contributed by atoms with van der Waals surface area (Å²) >= 11 is 0. The van der Waals surface area contributed by atoms with E-state index in [0.717, 1.165) is 6.54 Å². The van der Waals surface area contributed by atoms with Gasteiger partial charge in [0, 0.05) is 31.5 Å². The molecule has 0 amide bonds. The van der Waals surface area contributed by atoms with Gasteiger partial charge in [-0.1, -0.05) is 6.42 Å². The number of nitrogens with two attached hydrogens (primary N) is 1. The van der Waals surface area contributed by atoms with E-state index in [2.05, 4.69) is 48.6 Å². The van der Waals surface area contributed by atoms with E-state index in [1.807, 2.05) is 0 Å². The fourth-order valence-electron chi connectivity index (χ4n) is 2.58. The van der Waals surface area contributed by atoms with Crippen LogP contribution < -0.4 is 16.0 Å². The van der Waals surface area contributed by atoms with E-state index in [-0.39, 0.29) is 0 Å². The number of anilines is 2. The minimum absolute atomic E-state index is 0.560. The number of nitrogens with zero attached hydrogens (tertiary/aromatic N) is 1. The Balaban J connectivity index is 1.99. The quantitative estimate of drug-likeness (QED) is 0.838. The Morgan fingerprint density at radius 3 is 2.53 bits per heavy atom. The van der Waals surface area contributed by atoms with Gasteiger partial charge in [-0.2, -0.15) is 0 Å². The van der Waals surface area contributed by atoms with E-state index in [1.54, 1.807) is 0 Å². The zero-order valence-corrected chi connectivity index (χ0v) is 10.8. The highest BCUT2D eigenvalue weighted by Crippen LogP contribution is 2.28. The zero-order valence-electron chi connectivity index (χ0n) is 10.8. The molecular formula is C14H23N3. The van der Waals surface area contributed by atoms with Crippen LogP contribution in [0.3, 0.4) is 0 Å². The molecule has 0 aliphatic heterocycles. The first-order chi connectivity index (χ1) is 8.20. The van der Waals surface area contributed by atoms with Gasteiger partial charge in [-0.05, 0) is 49.6 Å². The van der Waals surface area contributed by atoms with Gasteiger partial charge in [0.05, 0.1) is 0 Å². The van der Waals surface area contributed by atoms with Gasteiger partial charge in [-0.15, -0.1) is 0 Å². The third kappa shape index (κ3) is 2.91. The van der Waals surface area contributed by atoms with E-state index < -0.39 is 0 Å². The molecule has 0 bridgehead atoms. The van der Waals surface area contributed by atoms with Gasteiger partial charge >= 0.3 is 0 Å². The van der Waals surface area contributed by atoms with Crippen molar-refractivity contribution in [3.8, 4) is 0 Å². The molecule has 1 aliphatic carbocycles. The number of hydrogen-bond donors (Lipinski definition) is 2. The number of benzene rings is 1. The van der Waals surface area contributed by atoms with Crippen molar-refractivity contribution in [1.29, 1.82) is 0 Å². The summed E-state index contributed by atoms with van der Waals surface area (Å²) in [6.07, 6.45) is 3.82. The summed E-state index contributed by atoms with van der Waals surface area (Å²) in [5, 5.41) is 3.61. The Bertz CT molecular complexity index is 345. The minimum atomic E-state index is 0.560. The lowest BCUT2D eigenvalue weighted by atomic mass is 10.0. The zero-order chi connectivity index (χ0) is 12.3. The van der Waals surface area contributed by atoms with Crippen LogP contribution in [0.15, 0.2) is 24.3 Å². The molecule has 3 N–H and O–H groups in total. The molecule has 3 nitrogen and oxygen atoms in total. The van der Waals surface area contributed by atoms with Crippen LogP contribution in [0.2, 0.25) is 0 Å². The fourth-order valence-corrected chi connectivity index (χ4v) is 2.58. The monoisotopic (exact) mass is 233 g/mol. The van der Waals surface area contributed by atoms with E-state index in [1.165, 1.54) is 30.6 Å². The van der Waals surface area contributed by atoms with Crippen molar-refractivity contribution in [3.05, 3.63) is 24.3 Å². The Hall–Kier alpha value is -1.22. The summed E-state index contributed by atoms with van der Waals surface area (Å²) in [7, 11) is 4.12. The molecule has 17 heavy (non-hydrogen) atoms. The first-order valence-corrected chi connectivity index (χ1v) is 6.44. The smallest absolute Gasteiger partial charge is 0.0362 e. The van der Waals surface area contributed by atoms with Crippen LogP contribution in [0, 0.1) is 5.92 Å². The first kappa shape index (κ1) is 12.2. The molecule has 0 radical (unpaired) electrons. The largest absolute Gasteiger partial charge is 0.382 e. The van der Waals surface area contributed by atoms with Crippen LogP contribution in [0.1, 0.15) is 19.3 Å². The summed E-state index contributed by atoms with van der Waals surface area (Å²) in [5.74, 6) is 0.642. The van der Waals surface area contributed by atoms with Gasteiger partial charge < -0.3 is 16.0 Å². The number of nitrogens with one attached hydrogen (secondary N) is 1. The van der Waals surface area contributed by atoms with E-state index in [9.17, 15) is 0 Å². The van der Waals surface area contributed by atoms with Gasteiger partial charge in [-0.3, -0.25) is 0 Å². The van der Waals surface area contributed by atoms with Crippen molar-refractivity contribution >= 4 is 11.4 Å². The predicted octanol–water partition coefficient (Wildman–Crippen LogP) is 2.29. The molecule has 2 atom stereocenters. The number of hydrogen-bond acceptors (Lipinski definition) is 3. The highest BCUT2D eigenvalue weighted by Gasteiger charge is 2.25. The highest BCUT2D eigenvalue weighted by molar-refractivity contribution is 5.54. The SMILES string of the molecule is CN(C)c1ccc(NC2CCCC2CN)cc1. The molecule has 1 saturated carbocycles. The topological polar surface area (TPSA) is 41.3 Å². The van der Waals surface area contributed by atoms with Crippen molar-refractivity contribution in [3.63, 3.8) is 0 Å². The van der Waals surface area contributed by atoms with Crippen molar-refractivity contribution in [2.45, 2.75) is 25.3 Å². The lowest BCUT2D eigenvalue weighted by Gasteiger charge is -2.21. The molecule has 0 spiro atoms. The maximum Gasteiger partial charge on any atom is 0.0362 e. The van der Waals surface area contributed by atoms with Crippen LogP contribution in [-0.4, -0.2) is 26.7 Å². The summed E-state index contributed by atoms with van der Waals surface area (Å²) < 4.78 is 0. The Kier molecular flexibility index (Phi) is 3.89. The van der Waals surface area contributed by atoms with Crippen LogP contribution in [0.4, 0.5) is 11.4 Å². The molecule has 1 aromatic rings. The van der Waals surface area contributed by atoms with E-state index in [4.69, 9.17) is 5.73 Å². The van der Waals surface area contributed by atoms with Gasteiger partial charge in [0.25, 0.3) is 0 Å². The van der Waals surface area contributed by atoms with Crippen LogP contribution in [0.25, 0.3) is 0 Å². The van der Waals surface area contributed by atoms with Crippen molar-refractivity contribution < 1.29 is 0 Å². The van der Waals surface area contributed by atoms with Crippen molar-refractivity contribution in [2.24, 2.45) is 11.7 Å². The minimum Gasteiger partial charge on any atom is -0.382 e. The van der Waals surface area contributed by atoms with Crippen molar-refractivity contribution in [1.82, 2.24) is 0 Å². The third-order valence-electron chi connectivity index (χ3n) is 3.70. The van der Waals surface area contributed by atoms with Gasteiger partial charge in [0.2, 0.25) is 0 Å². The molecule has 0 heterocycles. The molecule has 0 aromatic heterocycles. The summed E-state index contributed by atoms with van der Waals surface area (Å²) in [6, 6.07) is 9.16. The second kappa shape index (κ2) is 5.41. The van der Waals surface area contributed by atoms with Gasteiger partial charge in [0.1, 0.15) is 0 Å². The number of rotatable bonds is 4. The van der Waals surface area contributed by atoms with Crippen LogP contribution in [-0.2, 0) is 0 Å². The third-order valence-corrected chi connectivity index (χ3v) is 3.70. The van der Waals surface area contributed by atoms with Crippen molar-refractivity contribution in [2.75, 3.05) is 30.9 Å². The molecule has 1 aromatic carbocycles. The molecule has 94 valence electrons. The van der Waals surface area contributed by atoms with Gasteiger partial charge in [0.15, 0.2) is 0 Å². The Labute approximate surface area is 104 Å². The van der Waals surface area contributed by atoms with Gasteiger partial charge in [-0.25, -0.2) is 0 Å². The molecular weight excluding hydrogens is 210 g/mol. The second-order valence-corrected chi connectivity index (χ2v) is 5.12. The normalized spacial score (nSPS) is 23.7. The second-order valence-electron chi connectivity index (χ2n) is 5.12. The summed E-state index contributed by atoms with van der Waals surface area (Å²) in [4.78, 5) is 2.11. The van der Waals surface area contributed by atoms with E-state index >= 15 is 0 Å². The fraction of sp³-hybridized carbons (Fsp3) is 0.571. The molecule has 2 rings (SSSR count).